The minimum atomic E-state index is -0.446. The van der Waals surface area contributed by atoms with Crippen LogP contribution in [0.2, 0.25) is 0 Å². The second-order valence-corrected chi connectivity index (χ2v) is 5.85. The summed E-state index contributed by atoms with van der Waals surface area (Å²) in [7, 11) is 3.50. The number of morpholine rings is 1. The molecule has 3 rings (SSSR count). The van der Waals surface area contributed by atoms with Crippen molar-refractivity contribution in [1.82, 2.24) is 19.8 Å². The van der Waals surface area contributed by atoms with E-state index in [0.29, 0.717) is 38.7 Å². The van der Waals surface area contributed by atoms with Crippen LogP contribution in [0, 0.1) is 5.82 Å². The van der Waals surface area contributed by atoms with Gasteiger partial charge in [-0.15, -0.1) is 0 Å². The number of anilines is 1. The van der Waals surface area contributed by atoms with Gasteiger partial charge in [0.05, 0.1) is 37.7 Å². The van der Waals surface area contributed by atoms with E-state index >= 15 is 0 Å². The Morgan fingerprint density at radius 2 is 2.14 bits per heavy atom. The fourth-order valence-electron chi connectivity index (χ4n) is 2.93. The number of carbonyl (C=O) groups is 1. The molecule has 0 unspecified atom stereocenters. The molecule has 1 amide bonds. The molecule has 8 heteroatoms. The van der Waals surface area contributed by atoms with Crippen LogP contribution < -0.4 is 4.90 Å². The fourth-order valence-corrected chi connectivity index (χ4v) is 2.93. The third-order valence-electron chi connectivity index (χ3n) is 4.10. The zero-order valence-corrected chi connectivity index (χ0v) is 12.8. The minimum Gasteiger partial charge on any atom is -0.373 e. The molecule has 0 spiro atoms. The Morgan fingerprint density at radius 3 is 2.82 bits per heavy atom. The van der Waals surface area contributed by atoms with Crippen LogP contribution in [0.3, 0.4) is 0 Å². The molecule has 120 valence electrons. The van der Waals surface area contributed by atoms with E-state index in [4.69, 9.17) is 4.74 Å². The van der Waals surface area contributed by atoms with Gasteiger partial charge in [0.25, 0.3) is 0 Å². The molecule has 2 atom stereocenters. The lowest BCUT2D eigenvalue weighted by Gasteiger charge is -2.36. The molecular weight excluding hydrogens is 289 g/mol. The van der Waals surface area contributed by atoms with Crippen LogP contribution in [0.5, 0.6) is 0 Å². The Bertz CT molecular complexity index is 539. The Morgan fingerprint density at radius 1 is 1.41 bits per heavy atom. The van der Waals surface area contributed by atoms with Gasteiger partial charge in [-0.3, -0.25) is 9.69 Å². The summed E-state index contributed by atoms with van der Waals surface area (Å²) in [4.78, 5) is 25.7. The van der Waals surface area contributed by atoms with Crippen molar-refractivity contribution in [3.05, 3.63) is 18.2 Å². The summed E-state index contributed by atoms with van der Waals surface area (Å²) in [5, 5.41) is 0. The molecule has 2 aliphatic rings. The molecule has 1 aromatic rings. The van der Waals surface area contributed by atoms with E-state index in [1.807, 2.05) is 4.90 Å². The van der Waals surface area contributed by atoms with Gasteiger partial charge in [-0.05, 0) is 0 Å². The highest BCUT2D eigenvalue weighted by atomic mass is 19.1. The lowest BCUT2D eigenvalue weighted by atomic mass is 10.1. The van der Waals surface area contributed by atoms with Crippen molar-refractivity contribution in [2.45, 2.75) is 12.1 Å². The summed E-state index contributed by atoms with van der Waals surface area (Å²) in [5.74, 6) is 0.141. The van der Waals surface area contributed by atoms with Crippen molar-refractivity contribution in [1.29, 1.82) is 0 Å². The average molecular weight is 309 g/mol. The first-order valence-electron chi connectivity index (χ1n) is 7.33. The van der Waals surface area contributed by atoms with Crippen LogP contribution in [-0.4, -0.2) is 84.7 Å². The lowest BCUT2D eigenvalue weighted by molar-refractivity contribution is -0.129. The molecule has 0 saturated carbocycles. The minimum absolute atomic E-state index is 0.0253. The lowest BCUT2D eigenvalue weighted by Crippen LogP contribution is -2.51. The van der Waals surface area contributed by atoms with Crippen LogP contribution in [0.15, 0.2) is 12.4 Å². The van der Waals surface area contributed by atoms with E-state index in [1.54, 1.807) is 19.0 Å². The molecule has 2 fully saturated rings. The van der Waals surface area contributed by atoms with Crippen LogP contribution >= 0.6 is 0 Å². The van der Waals surface area contributed by atoms with Crippen molar-refractivity contribution in [3.8, 4) is 0 Å². The molecule has 0 N–H and O–H groups in total. The Labute approximate surface area is 128 Å². The van der Waals surface area contributed by atoms with Gasteiger partial charge in [0.2, 0.25) is 11.9 Å². The maximum absolute atomic E-state index is 13.0. The monoisotopic (exact) mass is 309 g/mol. The number of halogens is 1. The smallest absolute Gasteiger partial charge is 0.236 e. The van der Waals surface area contributed by atoms with Gasteiger partial charge in [0.1, 0.15) is 0 Å². The highest BCUT2D eigenvalue weighted by Gasteiger charge is 2.41. The van der Waals surface area contributed by atoms with E-state index in [0.717, 1.165) is 0 Å². The second kappa shape index (κ2) is 6.13. The predicted molar refractivity (Wildman–Crippen MR) is 78.0 cm³/mol. The van der Waals surface area contributed by atoms with Crippen molar-refractivity contribution >= 4 is 11.9 Å². The van der Waals surface area contributed by atoms with Crippen molar-refractivity contribution in [2.75, 3.05) is 51.8 Å². The van der Waals surface area contributed by atoms with Crippen molar-refractivity contribution in [3.63, 3.8) is 0 Å². The highest BCUT2D eigenvalue weighted by Crippen LogP contribution is 2.25. The van der Waals surface area contributed by atoms with Crippen LogP contribution in [0.1, 0.15) is 0 Å². The Hall–Kier alpha value is -1.80. The standard InChI is InChI=1S/C14H20FN5O2/c1-18(2)13(21)9-19-7-11-12(8-19)22-4-3-20(11)14-16-5-10(15)6-17-14/h5-6,11-12H,3-4,7-9H2,1-2H3/t11-,12+/m1/s1. The topological polar surface area (TPSA) is 61.8 Å². The van der Waals surface area contributed by atoms with E-state index in [1.165, 1.54) is 12.4 Å². The summed E-state index contributed by atoms with van der Waals surface area (Å²) in [6.07, 6.45) is 2.38. The number of carbonyl (C=O) groups excluding carboxylic acids is 1. The summed E-state index contributed by atoms with van der Waals surface area (Å²) >= 11 is 0. The number of ether oxygens (including phenoxy) is 1. The fraction of sp³-hybridized carbons (Fsp3) is 0.643. The first kappa shape index (κ1) is 15.1. The molecule has 2 saturated heterocycles. The Kier molecular flexibility index (Phi) is 4.21. The maximum atomic E-state index is 13.0. The van der Waals surface area contributed by atoms with Crippen LogP contribution in [0.25, 0.3) is 0 Å². The summed E-state index contributed by atoms with van der Waals surface area (Å²) in [6.45, 7) is 3.05. The number of rotatable bonds is 3. The van der Waals surface area contributed by atoms with E-state index in [2.05, 4.69) is 14.9 Å². The number of likely N-dealkylation sites (N-methyl/N-ethyl adjacent to an activating group) is 1. The molecule has 0 aliphatic carbocycles. The molecule has 2 aliphatic heterocycles. The molecule has 22 heavy (non-hydrogen) atoms. The third-order valence-corrected chi connectivity index (χ3v) is 4.10. The first-order chi connectivity index (χ1) is 10.5. The van der Waals surface area contributed by atoms with Crippen molar-refractivity contribution < 1.29 is 13.9 Å². The van der Waals surface area contributed by atoms with Crippen LogP contribution in [0.4, 0.5) is 10.3 Å². The van der Waals surface area contributed by atoms with E-state index in [9.17, 15) is 9.18 Å². The quantitative estimate of drug-likeness (QED) is 0.757. The molecule has 3 heterocycles. The van der Waals surface area contributed by atoms with Gasteiger partial charge in [0, 0.05) is 33.7 Å². The largest absolute Gasteiger partial charge is 0.373 e. The van der Waals surface area contributed by atoms with Gasteiger partial charge >= 0.3 is 0 Å². The summed E-state index contributed by atoms with van der Waals surface area (Å²) in [5.41, 5.74) is 0. The molecule has 7 nitrogen and oxygen atoms in total. The van der Waals surface area contributed by atoms with Crippen molar-refractivity contribution in [2.24, 2.45) is 0 Å². The summed E-state index contributed by atoms with van der Waals surface area (Å²) < 4.78 is 18.8. The third kappa shape index (κ3) is 3.02. The average Bonchev–Trinajstić information content (AvgIpc) is 2.90. The first-order valence-corrected chi connectivity index (χ1v) is 7.33. The predicted octanol–water partition coefficient (Wildman–Crippen LogP) is -0.407. The molecule has 0 bridgehead atoms. The molecule has 0 radical (unpaired) electrons. The number of fused-ring (bicyclic) bond motifs is 1. The van der Waals surface area contributed by atoms with Gasteiger partial charge in [-0.2, -0.15) is 0 Å². The number of likely N-dealkylation sites (tertiary alicyclic amines) is 1. The second-order valence-electron chi connectivity index (χ2n) is 5.85. The van der Waals surface area contributed by atoms with Gasteiger partial charge in [0.15, 0.2) is 5.82 Å². The zero-order chi connectivity index (χ0) is 15.7. The van der Waals surface area contributed by atoms with E-state index in [-0.39, 0.29) is 18.1 Å². The van der Waals surface area contributed by atoms with Gasteiger partial charge in [-0.25, -0.2) is 14.4 Å². The molecule has 0 aromatic carbocycles. The van der Waals surface area contributed by atoms with Gasteiger partial charge in [-0.1, -0.05) is 0 Å². The normalized spacial score (nSPS) is 25.1. The maximum Gasteiger partial charge on any atom is 0.236 e. The zero-order valence-electron chi connectivity index (χ0n) is 12.8. The number of amides is 1. The summed E-state index contributed by atoms with van der Waals surface area (Å²) in [6, 6.07) is 0.0918. The highest BCUT2D eigenvalue weighted by molar-refractivity contribution is 5.77. The number of hydrogen-bond donors (Lipinski definition) is 0. The van der Waals surface area contributed by atoms with Crippen LogP contribution in [-0.2, 0) is 9.53 Å². The number of hydrogen-bond acceptors (Lipinski definition) is 6. The Balaban J connectivity index is 1.70. The number of nitrogens with zero attached hydrogens (tertiary/aromatic N) is 5. The number of aromatic nitrogens is 2. The van der Waals surface area contributed by atoms with Gasteiger partial charge < -0.3 is 14.5 Å². The molecule has 1 aromatic heterocycles. The van der Waals surface area contributed by atoms with E-state index < -0.39 is 5.82 Å². The molecular formula is C14H20FN5O2. The SMILES string of the molecule is CN(C)C(=O)CN1C[C@@H]2OCCN(c3ncc(F)cn3)[C@@H]2C1.